The molecule has 2 nitrogen and oxygen atoms in total. The summed E-state index contributed by atoms with van der Waals surface area (Å²) in [5.74, 6) is 1.94. The summed E-state index contributed by atoms with van der Waals surface area (Å²) in [4.78, 5) is 0. The molecule has 1 saturated carbocycles. The van der Waals surface area contributed by atoms with Gasteiger partial charge < -0.3 is 10.1 Å². The van der Waals surface area contributed by atoms with Gasteiger partial charge in [-0.1, -0.05) is 30.3 Å². The van der Waals surface area contributed by atoms with Gasteiger partial charge in [0.1, 0.15) is 0 Å². The minimum absolute atomic E-state index is 0.669. The molecule has 0 radical (unpaired) electrons. The number of nitrogens with one attached hydrogen (secondary N) is 1. The summed E-state index contributed by atoms with van der Waals surface area (Å²) in [6.07, 6.45) is 5.06. The minimum atomic E-state index is 0.669. The number of hydrogen-bond donors (Lipinski definition) is 1. The summed E-state index contributed by atoms with van der Waals surface area (Å²) in [7, 11) is 3.89. The normalized spacial score (nSPS) is 26.6. The molecule has 1 aliphatic rings. The van der Waals surface area contributed by atoms with Gasteiger partial charge in [0.05, 0.1) is 0 Å². The van der Waals surface area contributed by atoms with Crippen molar-refractivity contribution in [3.8, 4) is 0 Å². The van der Waals surface area contributed by atoms with Gasteiger partial charge in [0.25, 0.3) is 0 Å². The van der Waals surface area contributed by atoms with Crippen LogP contribution < -0.4 is 5.32 Å². The Morgan fingerprint density at radius 1 is 1.25 bits per heavy atom. The lowest BCUT2D eigenvalue weighted by Crippen LogP contribution is -2.40. The monoisotopic (exact) mass is 293 g/mol. The molecular weight excluding hydrogens is 266 g/mol. The van der Waals surface area contributed by atoms with Crippen LogP contribution in [0.2, 0.25) is 0 Å². The van der Waals surface area contributed by atoms with E-state index in [0.717, 1.165) is 24.2 Å². The zero-order valence-electron chi connectivity index (χ0n) is 12.7. The van der Waals surface area contributed by atoms with Gasteiger partial charge in [0.2, 0.25) is 0 Å². The maximum absolute atomic E-state index is 5.15. The predicted molar refractivity (Wildman–Crippen MR) is 88.6 cm³/mol. The highest BCUT2D eigenvalue weighted by molar-refractivity contribution is 7.99. The third-order valence-corrected chi connectivity index (χ3v) is 5.73. The highest BCUT2D eigenvalue weighted by Crippen LogP contribution is 2.38. The Hall–Kier alpha value is -0.510. The van der Waals surface area contributed by atoms with E-state index in [-0.39, 0.29) is 0 Å². The Morgan fingerprint density at radius 2 is 2.05 bits per heavy atom. The van der Waals surface area contributed by atoms with Crippen LogP contribution in [0.5, 0.6) is 0 Å². The second kappa shape index (κ2) is 8.71. The van der Waals surface area contributed by atoms with Crippen LogP contribution in [0, 0.1) is 0 Å². The number of benzene rings is 1. The second-order valence-corrected chi connectivity index (χ2v) is 6.92. The van der Waals surface area contributed by atoms with Crippen LogP contribution >= 0.6 is 11.8 Å². The molecule has 3 heteroatoms. The lowest BCUT2D eigenvalue weighted by molar-refractivity contribution is 0.200. The van der Waals surface area contributed by atoms with Crippen LogP contribution in [0.3, 0.4) is 0 Å². The first-order valence-corrected chi connectivity index (χ1v) is 8.72. The van der Waals surface area contributed by atoms with Crippen molar-refractivity contribution in [2.24, 2.45) is 0 Å². The molecule has 1 fully saturated rings. The van der Waals surface area contributed by atoms with Crippen LogP contribution in [0.15, 0.2) is 30.3 Å². The highest BCUT2D eigenvalue weighted by atomic mass is 32.2. The smallest absolute Gasteiger partial charge is 0.0470 e. The average molecular weight is 293 g/mol. The molecule has 1 aromatic rings. The summed E-state index contributed by atoms with van der Waals surface area (Å²) >= 11 is 2.13. The van der Waals surface area contributed by atoms with E-state index in [1.807, 2.05) is 0 Å². The number of ether oxygens (including phenoxy) is 1. The van der Waals surface area contributed by atoms with Crippen LogP contribution in [-0.2, 0) is 4.74 Å². The summed E-state index contributed by atoms with van der Waals surface area (Å²) in [6, 6.07) is 11.7. The van der Waals surface area contributed by atoms with Crippen LogP contribution in [0.1, 0.15) is 37.2 Å². The van der Waals surface area contributed by atoms with Gasteiger partial charge in [-0.25, -0.2) is 0 Å². The summed E-state index contributed by atoms with van der Waals surface area (Å²) in [5, 5.41) is 4.25. The van der Waals surface area contributed by atoms with Crippen LogP contribution in [-0.4, -0.2) is 37.8 Å². The topological polar surface area (TPSA) is 21.3 Å². The van der Waals surface area contributed by atoms with Gasteiger partial charge in [-0.2, -0.15) is 11.8 Å². The number of thioether (sulfide) groups is 1. The molecule has 1 aromatic carbocycles. The van der Waals surface area contributed by atoms with Crippen molar-refractivity contribution in [3.63, 3.8) is 0 Å². The van der Waals surface area contributed by atoms with Crippen molar-refractivity contribution < 1.29 is 4.74 Å². The molecule has 0 amide bonds. The maximum Gasteiger partial charge on any atom is 0.0470 e. The molecule has 2 rings (SSSR count). The molecule has 0 heterocycles. The fraction of sp³-hybridized carbons (Fsp3) is 0.647. The van der Waals surface area contributed by atoms with Crippen molar-refractivity contribution in [2.75, 3.05) is 26.5 Å². The molecule has 1 aliphatic carbocycles. The van der Waals surface area contributed by atoms with Crippen molar-refractivity contribution >= 4 is 11.8 Å². The zero-order chi connectivity index (χ0) is 14.2. The summed E-state index contributed by atoms with van der Waals surface area (Å²) < 4.78 is 5.15. The van der Waals surface area contributed by atoms with Gasteiger partial charge in [0.15, 0.2) is 0 Å². The van der Waals surface area contributed by atoms with Crippen molar-refractivity contribution in [3.05, 3.63) is 35.9 Å². The van der Waals surface area contributed by atoms with Gasteiger partial charge in [-0.05, 0) is 50.0 Å². The van der Waals surface area contributed by atoms with E-state index in [9.17, 15) is 0 Å². The van der Waals surface area contributed by atoms with Crippen molar-refractivity contribution in [1.82, 2.24) is 5.32 Å². The first-order valence-electron chi connectivity index (χ1n) is 7.68. The fourth-order valence-electron chi connectivity index (χ4n) is 3.11. The van der Waals surface area contributed by atoms with Crippen molar-refractivity contribution in [1.29, 1.82) is 0 Å². The van der Waals surface area contributed by atoms with E-state index in [1.165, 1.54) is 30.6 Å². The first-order chi connectivity index (χ1) is 9.85. The Bertz CT molecular complexity index is 371. The molecule has 1 N–H and O–H groups in total. The molecule has 0 aromatic heterocycles. The van der Waals surface area contributed by atoms with Gasteiger partial charge in [-0.3, -0.25) is 0 Å². The molecule has 0 aliphatic heterocycles. The first kappa shape index (κ1) is 15.9. The maximum atomic E-state index is 5.15. The van der Waals surface area contributed by atoms with E-state index in [1.54, 1.807) is 7.11 Å². The molecule has 0 bridgehead atoms. The van der Waals surface area contributed by atoms with Crippen molar-refractivity contribution in [2.45, 2.75) is 42.9 Å². The SMILES string of the molecule is CNC1CCC(c2ccccc2)CC1SCCCOC. The second-order valence-electron chi connectivity index (χ2n) is 5.57. The van der Waals surface area contributed by atoms with Crippen LogP contribution in [0.4, 0.5) is 0 Å². The van der Waals surface area contributed by atoms with Gasteiger partial charge >= 0.3 is 0 Å². The fourth-order valence-corrected chi connectivity index (χ4v) is 4.57. The molecule has 0 spiro atoms. The lowest BCUT2D eigenvalue weighted by Gasteiger charge is -2.36. The molecule has 3 unspecified atom stereocenters. The molecule has 0 saturated heterocycles. The van der Waals surface area contributed by atoms with E-state index < -0.39 is 0 Å². The van der Waals surface area contributed by atoms with Crippen LogP contribution in [0.25, 0.3) is 0 Å². The lowest BCUT2D eigenvalue weighted by atomic mass is 9.81. The van der Waals surface area contributed by atoms with E-state index >= 15 is 0 Å². The van der Waals surface area contributed by atoms with E-state index in [0.29, 0.717) is 6.04 Å². The Morgan fingerprint density at radius 3 is 2.75 bits per heavy atom. The standard InChI is InChI=1S/C17H27NOS/c1-18-16-10-9-15(14-7-4-3-5-8-14)13-17(16)20-12-6-11-19-2/h3-5,7-8,15-18H,6,9-13H2,1-2H3. The van der Waals surface area contributed by atoms with Gasteiger partial charge in [-0.15, -0.1) is 0 Å². The Labute approximate surface area is 127 Å². The average Bonchev–Trinajstić information content (AvgIpc) is 2.52. The highest BCUT2D eigenvalue weighted by Gasteiger charge is 2.30. The number of rotatable bonds is 7. The molecule has 20 heavy (non-hydrogen) atoms. The van der Waals surface area contributed by atoms with E-state index in [4.69, 9.17) is 4.74 Å². The summed E-state index contributed by atoms with van der Waals surface area (Å²) in [6.45, 7) is 0.881. The Kier molecular flexibility index (Phi) is 6.91. The number of methoxy groups -OCH3 is 1. The predicted octanol–water partition coefficient (Wildman–Crippen LogP) is 3.68. The molecule has 112 valence electrons. The molecule has 3 atom stereocenters. The quantitative estimate of drug-likeness (QED) is 0.775. The summed E-state index contributed by atoms with van der Waals surface area (Å²) in [5.41, 5.74) is 1.52. The minimum Gasteiger partial charge on any atom is -0.385 e. The largest absolute Gasteiger partial charge is 0.385 e. The zero-order valence-corrected chi connectivity index (χ0v) is 13.5. The Balaban J connectivity index is 1.89. The molecular formula is C17H27NOS. The van der Waals surface area contributed by atoms with Gasteiger partial charge in [0, 0.05) is 25.0 Å². The number of hydrogen-bond acceptors (Lipinski definition) is 3. The third-order valence-electron chi connectivity index (χ3n) is 4.26. The van der Waals surface area contributed by atoms with E-state index in [2.05, 4.69) is 54.5 Å². The third kappa shape index (κ3) is 4.51.